The normalized spacial score (nSPS) is 16.9. The molecule has 0 N–H and O–H groups in total. The van der Waals surface area contributed by atoms with Crippen LogP contribution in [0.25, 0.3) is 0 Å². The van der Waals surface area contributed by atoms with Gasteiger partial charge in [-0.1, -0.05) is 15.9 Å². The van der Waals surface area contributed by atoms with Crippen molar-refractivity contribution in [2.45, 2.75) is 31.5 Å². The predicted octanol–water partition coefficient (Wildman–Crippen LogP) is 2.32. The number of rotatable bonds is 4. The summed E-state index contributed by atoms with van der Waals surface area (Å²) in [5.41, 5.74) is 0. The third kappa shape index (κ3) is 3.86. The topological polar surface area (TPSA) is 20.3 Å². The Balaban J connectivity index is 2.46. The lowest BCUT2D eigenvalue weighted by molar-refractivity contribution is -0.161. The molecule has 1 amide bonds. The maximum Gasteiger partial charge on any atom is 0.397 e. The molecule has 0 saturated heterocycles. The second kappa shape index (κ2) is 4.51. The van der Waals surface area contributed by atoms with E-state index in [1.807, 2.05) is 0 Å². The molecule has 6 heteroatoms. The van der Waals surface area contributed by atoms with Crippen LogP contribution in [0.2, 0.25) is 0 Å². The molecule has 1 fully saturated rings. The Morgan fingerprint density at radius 2 is 2.00 bits per heavy atom. The van der Waals surface area contributed by atoms with E-state index in [1.165, 1.54) is 4.90 Å². The number of carbonyl (C=O) groups is 1. The minimum absolute atomic E-state index is 0.0439. The van der Waals surface area contributed by atoms with Crippen molar-refractivity contribution < 1.29 is 18.0 Å². The molecule has 0 aliphatic heterocycles. The van der Waals surface area contributed by atoms with Gasteiger partial charge in [-0.2, -0.15) is 13.2 Å². The lowest BCUT2D eigenvalue weighted by Crippen LogP contribution is -2.37. The average Bonchev–Trinajstić information content (AvgIpc) is 2.78. The van der Waals surface area contributed by atoms with Crippen molar-refractivity contribution in [2.24, 2.45) is 0 Å². The summed E-state index contributed by atoms with van der Waals surface area (Å²) in [5, 5.41) is 0.521. The Hall–Kier alpha value is -0.260. The SMILES string of the molecule is O=C(CC(F)(F)F)N(CCBr)C1CC1. The van der Waals surface area contributed by atoms with Gasteiger partial charge in [-0.05, 0) is 12.8 Å². The van der Waals surface area contributed by atoms with Gasteiger partial charge in [-0.3, -0.25) is 4.79 Å². The fourth-order valence-corrected chi connectivity index (χ4v) is 1.64. The molecule has 0 heterocycles. The molecule has 0 aromatic heterocycles. The molecule has 0 spiro atoms. The second-order valence-electron chi connectivity index (χ2n) is 3.30. The van der Waals surface area contributed by atoms with E-state index in [1.54, 1.807) is 0 Å². The number of hydrogen-bond donors (Lipinski definition) is 0. The van der Waals surface area contributed by atoms with Gasteiger partial charge in [-0.25, -0.2) is 0 Å². The molecule has 1 aliphatic carbocycles. The highest BCUT2D eigenvalue weighted by molar-refractivity contribution is 9.09. The van der Waals surface area contributed by atoms with E-state index < -0.39 is 18.5 Å². The standard InChI is InChI=1S/C8H11BrF3NO/c9-3-4-13(6-1-2-6)7(14)5-8(10,11)12/h6H,1-5H2. The van der Waals surface area contributed by atoms with Crippen LogP contribution in [0.4, 0.5) is 13.2 Å². The van der Waals surface area contributed by atoms with Crippen LogP contribution >= 0.6 is 15.9 Å². The highest BCUT2D eigenvalue weighted by Crippen LogP contribution is 2.29. The van der Waals surface area contributed by atoms with Gasteiger partial charge in [-0.15, -0.1) is 0 Å². The Kier molecular flexibility index (Phi) is 3.80. The quantitative estimate of drug-likeness (QED) is 0.720. The van der Waals surface area contributed by atoms with Crippen LogP contribution < -0.4 is 0 Å². The smallest absolute Gasteiger partial charge is 0.339 e. The molecule has 0 aromatic rings. The van der Waals surface area contributed by atoms with Crippen LogP contribution in [0.5, 0.6) is 0 Å². The van der Waals surface area contributed by atoms with E-state index >= 15 is 0 Å². The van der Waals surface area contributed by atoms with Crippen molar-refractivity contribution in [3.8, 4) is 0 Å². The molecule has 0 unspecified atom stereocenters. The van der Waals surface area contributed by atoms with Crippen molar-refractivity contribution in [2.75, 3.05) is 11.9 Å². The van der Waals surface area contributed by atoms with E-state index in [4.69, 9.17) is 0 Å². The average molecular weight is 274 g/mol. The molecular formula is C8H11BrF3NO. The van der Waals surface area contributed by atoms with Gasteiger partial charge in [0.1, 0.15) is 6.42 Å². The van der Waals surface area contributed by atoms with Crippen molar-refractivity contribution in [1.29, 1.82) is 0 Å². The molecule has 0 radical (unpaired) electrons. The number of nitrogens with zero attached hydrogens (tertiary/aromatic N) is 1. The van der Waals surface area contributed by atoms with Crippen LogP contribution in [0, 0.1) is 0 Å². The third-order valence-corrected chi connectivity index (χ3v) is 2.34. The molecule has 1 aliphatic rings. The molecule has 0 atom stereocenters. The maximum absolute atomic E-state index is 11.9. The fraction of sp³-hybridized carbons (Fsp3) is 0.875. The Morgan fingerprint density at radius 3 is 2.36 bits per heavy atom. The first kappa shape index (κ1) is 11.8. The zero-order valence-electron chi connectivity index (χ0n) is 7.48. The summed E-state index contributed by atoms with van der Waals surface area (Å²) in [5.74, 6) is -0.806. The van der Waals surface area contributed by atoms with E-state index in [-0.39, 0.29) is 6.04 Å². The van der Waals surface area contributed by atoms with Crippen LogP contribution in [-0.2, 0) is 4.79 Å². The van der Waals surface area contributed by atoms with Crippen molar-refractivity contribution in [3.05, 3.63) is 0 Å². The number of amides is 1. The van der Waals surface area contributed by atoms with Crippen LogP contribution in [0.1, 0.15) is 19.3 Å². The van der Waals surface area contributed by atoms with Crippen molar-refractivity contribution >= 4 is 21.8 Å². The molecule has 1 rings (SSSR count). The van der Waals surface area contributed by atoms with Gasteiger partial charge in [0, 0.05) is 17.9 Å². The zero-order chi connectivity index (χ0) is 10.8. The fourth-order valence-electron chi connectivity index (χ4n) is 1.26. The Bertz CT molecular complexity index is 215. The lowest BCUT2D eigenvalue weighted by atomic mass is 10.3. The summed E-state index contributed by atoms with van der Waals surface area (Å²) < 4.78 is 35.8. The minimum atomic E-state index is -4.39. The molecule has 0 bridgehead atoms. The first-order chi connectivity index (χ1) is 6.44. The summed E-state index contributed by atoms with van der Waals surface area (Å²) in [6.45, 7) is 0.361. The first-order valence-corrected chi connectivity index (χ1v) is 5.48. The first-order valence-electron chi connectivity index (χ1n) is 4.36. The van der Waals surface area contributed by atoms with E-state index in [0.29, 0.717) is 11.9 Å². The zero-order valence-corrected chi connectivity index (χ0v) is 9.07. The highest BCUT2D eigenvalue weighted by atomic mass is 79.9. The molecule has 14 heavy (non-hydrogen) atoms. The second-order valence-corrected chi connectivity index (χ2v) is 4.09. The molecule has 1 saturated carbocycles. The summed E-state index contributed by atoms with van der Waals surface area (Å²) in [6, 6.07) is 0.0439. The number of halogens is 4. The van der Waals surface area contributed by atoms with E-state index in [0.717, 1.165) is 12.8 Å². The number of hydrogen-bond acceptors (Lipinski definition) is 1. The highest BCUT2D eigenvalue weighted by Gasteiger charge is 2.38. The monoisotopic (exact) mass is 273 g/mol. The summed E-state index contributed by atoms with van der Waals surface area (Å²) in [6.07, 6.45) is -4.07. The molecule has 0 aromatic carbocycles. The molecule has 82 valence electrons. The van der Waals surface area contributed by atoms with E-state index in [9.17, 15) is 18.0 Å². The van der Waals surface area contributed by atoms with Crippen LogP contribution in [-0.4, -0.2) is 34.9 Å². The minimum Gasteiger partial charge on any atom is -0.339 e. The number of carbonyl (C=O) groups excluding carboxylic acids is 1. The summed E-state index contributed by atoms with van der Waals surface area (Å²) in [4.78, 5) is 12.5. The van der Waals surface area contributed by atoms with Gasteiger partial charge in [0.15, 0.2) is 0 Å². The Labute approximate surface area is 88.6 Å². The van der Waals surface area contributed by atoms with Crippen molar-refractivity contribution in [3.63, 3.8) is 0 Å². The van der Waals surface area contributed by atoms with Gasteiger partial charge in [0.2, 0.25) is 5.91 Å². The van der Waals surface area contributed by atoms with Crippen LogP contribution in [0.3, 0.4) is 0 Å². The lowest BCUT2D eigenvalue weighted by Gasteiger charge is -2.21. The number of alkyl halides is 4. The molecular weight excluding hydrogens is 263 g/mol. The predicted molar refractivity (Wildman–Crippen MR) is 49.2 cm³/mol. The van der Waals surface area contributed by atoms with Crippen LogP contribution in [0.15, 0.2) is 0 Å². The summed E-state index contributed by atoms with van der Waals surface area (Å²) in [7, 11) is 0. The third-order valence-electron chi connectivity index (χ3n) is 1.99. The van der Waals surface area contributed by atoms with Gasteiger partial charge in [0.25, 0.3) is 0 Å². The Morgan fingerprint density at radius 1 is 1.43 bits per heavy atom. The van der Waals surface area contributed by atoms with Gasteiger partial charge in [0.05, 0.1) is 0 Å². The molecule has 2 nitrogen and oxygen atoms in total. The van der Waals surface area contributed by atoms with Crippen molar-refractivity contribution in [1.82, 2.24) is 4.90 Å². The van der Waals surface area contributed by atoms with E-state index in [2.05, 4.69) is 15.9 Å². The van der Waals surface area contributed by atoms with Gasteiger partial charge >= 0.3 is 6.18 Å². The summed E-state index contributed by atoms with van der Waals surface area (Å²) >= 11 is 3.12. The maximum atomic E-state index is 11.9. The van der Waals surface area contributed by atoms with Gasteiger partial charge < -0.3 is 4.90 Å². The largest absolute Gasteiger partial charge is 0.397 e.